The molecule has 0 heterocycles. The topological polar surface area (TPSA) is 29.3 Å². The minimum atomic E-state index is -0.398. The summed E-state index contributed by atoms with van der Waals surface area (Å²) in [4.78, 5) is 2.00. The smallest absolute Gasteiger partial charge is 0.135 e. The van der Waals surface area contributed by atoms with Crippen LogP contribution in [0.3, 0.4) is 0 Å². The third-order valence-corrected chi connectivity index (χ3v) is 3.30. The first-order valence-corrected chi connectivity index (χ1v) is 6.30. The quantitative estimate of drug-likeness (QED) is 0.868. The van der Waals surface area contributed by atoms with E-state index < -0.39 is 5.82 Å². The number of hydrogen-bond donors (Lipinski definition) is 1. The van der Waals surface area contributed by atoms with E-state index in [-0.39, 0.29) is 10.6 Å². The number of rotatable bonds is 3. The maximum atomic E-state index is 13.9. The van der Waals surface area contributed by atoms with E-state index in [0.29, 0.717) is 0 Å². The van der Waals surface area contributed by atoms with Crippen molar-refractivity contribution >= 4 is 28.6 Å². The summed E-state index contributed by atoms with van der Waals surface area (Å²) in [5, 5.41) is 0. The largest absolute Gasteiger partial charge is 0.389 e. The summed E-state index contributed by atoms with van der Waals surface area (Å²) in [6, 6.07) is 12.8. The fraction of sp³-hybridized carbons (Fsp3) is 0.133. The number of halogens is 1. The van der Waals surface area contributed by atoms with Gasteiger partial charge in [-0.2, -0.15) is 0 Å². The molecule has 0 bridgehead atoms. The Balaban J connectivity index is 2.40. The first-order valence-electron chi connectivity index (χ1n) is 5.89. The van der Waals surface area contributed by atoms with Gasteiger partial charge in [0.2, 0.25) is 0 Å². The Labute approximate surface area is 117 Å². The molecule has 0 aliphatic heterocycles. The predicted octanol–water partition coefficient (Wildman–Crippen LogP) is 3.54. The molecule has 19 heavy (non-hydrogen) atoms. The summed E-state index contributed by atoms with van der Waals surface area (Å²) < 4.78 is 13.9. The number of anilines is 2. The van der Waals surface area contributed by atoms with Crippen LogP contribution in [0.4, 0.5) is 15.8 Å². The zero-order chi connectivity index (χ0) is 14.0. The average Bonchev–Trinajstić information content (AvgIpc) is 2.38. The average molecular weight is 274 g/mol. The molecule has 98 valence electrons. The highest BCUT2D eigenvalue weighted by Crippen LogP contribution is 2.27. The summed E-state index contributed by atoms with van der Waals surface area (Å²) in [5.74, 6) is -0.398. The molecule has 0 saturated heterocycles. The number of nitrogens with zero attached hydrogens (tertiary/aromatic N) is 1. The minimum Gasteiger partial charge on any atom is -0.389 e. The highest BCUT2D eigenvalue weighted by atomic mass is 32.1. The zero-order valence-corrected chi connectivity index (χ0v) is 11.7. The molecular weight excluding hydrogens is 259 g/mol. The van der Waals surface area contributed by atoms with E-state index in [4.69, 9.17) is 18.0 Å². The fourth-order valence-corrected chi connectivity index (χ4v) is 2.16. The van der Waals surface area contributed by atoms with Crippen molar-refractivity contribution in [2.45, 2.75) is 6.92 Å². The lowest BCUT2D eigenvalue weighted by Crippen LogP contribution is -2.14. The van der Waals surface area contributed by atoms with Crippen LogP contribution in [0.1, 0.15) is 11.1 Å². The number of para-hydroxylation sites is 1. The van der Waals surface area contributed by atoms with E-state index in [1.54, 1.807) is 6.07 Å². The fourth-order valence-electron chi connectivity index (χ4n) is 1.99. The van der Waals surface area contributed by atoms with Gasteiger partial charge >= 0.3 is 0 Å². The molecule has 0 unspecified atom stereocenters. The molecule has 2 rings (SSSR count). The van der Waals surface area contributed by atoms with Crippen LogP contribution < -0.4 is 10.6 Å². The molecule has 0 aromatic heterocycles. The Morgan fingerprint density at radius 3 is 2.47 bits per heavy atom. The van der Waals surface area contributed by atoms with Gasteiger partial charge in [0.05, 0.1) is 0 Å². The van der Waals surface area contributed by atoms with Gasteiger partial charge < -0.3 is 10.6 Å². The van der Waals surface area contributed by atoms with Gasteiger partial charge in [-0.15, -0.1) is 0 Å². The van der Waals surface area contributed by atoms with Crippen molar-refractivity contribution in [3.8, 4) is 0 Å². The zero-order valence-electron chi connectivity index (χ0n) is 10.9. The van der Waals surface area contributed by atoms with Gasteiger partial charge in [0.15, 0.2) is 0 Å². The van der Waals surface area contributed by atoms with Gasteiger partial charge in [-0.3, -0.25) is 0 Å². The molecule has 2 aromatic carbocycles. The molecule has 0 aliphatic rings. The molecule has 4 heteroatoms. The number of nitrogens with two attached hydrogens (primary N) is 1. The predicted molar refractivity (Wildman–Crippen MR) is 81.5 cm³/mol. The maximum Gasteiger partial charge on any atom is 0.135 e. The monoisotopic (exact) mass is 274 g/mol. The molecule has 2 N–H and O–H groups in total. The van der Waals surface area contributed by atoms with Gasteiger partial charge in [-0.25, -0.2) is 4.39 Å². The molecule has 2 aromatic rings. The third kappa shape index (κ3) is 2.74. The molecule has 0 radical (unpaired) electrons. The summed E-state index contributed by atoms with van der Waals surface area (Å²) in [6.07, 6.45) is 0. The van der Waals surface area contributed by atoms with Crippen molar-refractivity contribution in [3.63, 3.8) is 0 Å². The van der Waals surface area contributed by atoms with E-state index in [9.17, 15) is 4.39 Å². The molecule has 0 aliphatic carbocycles. The van der Waals surface area contributed by atoms with E-state index in [1.165, 1.54) is 6.07 Å². The summed E-state index contributed by atoms with van der Waals surface area (Å²) in [7, 11) is 1.90. The Morgan fingerprint density at radius 1 is 1.21 bits per heavy atom. The number of hydrogen-bond acceptors (Lipinski definition) is 2. The SMILES string of the molecule is Cc1ccccc1N(C)c1ccc(C(N)=S)c(F)c1. The van der Waals surface area contributed by atoms with Crippen LogP contribution in [0.25, 0.3) is 0 Å². The van der Waals surface area contributed by atoms with Gasteiger partial charge in [0.25, 0.3) is 0 Å². The van der Waals surface area contributed by atoms with Gasteiger partial charge in [0.1, 0.15) is 10.8 Å². The van der Waals surface area contributed by atoms with Crippen LogP contribution in [-0.4, -0.2) is 12.0 Å². The van der Waals surface area contributed by atoms with E-state index in [1.807, 2.05) is 49.2 Å². The Hall–Kier alpha value is -1.94. The van der Waals surface area contributed by atoms with Crippen molar-refractivity contribution in [1.29, 1.82) is 0 Å². The first kappa shape index (κ1) is 13.5. The van der Waals surface area contributed by atoms with Crippen LogP contribution in [0.2, 0.25) is 0 Å². The highest BCUT2D eigenvalue weighted by molar-refractivity contribution is 7.80. The molecule has 0 spiro atoms. The summed E-state index contributed by atoms with van der Waals surface area (Å²) in [5.41, 5.74) is 8.65. The lowest BCUT2D eigenvalue weighted by atomic mass is 10.1. The van der Waals surface area contributed by atoms with Crippen LogP contribution in [0.15, 0.2) is 42.5 Å². The van der Waals surface area contributed by atoms with E-state index >= 15 is 0 Å². The number of aryl methyl sites for hydroxylation is 1. The van der Waals surface area contributed by atoms with Gasteiger partial charge in [-0.05, 0) is 36.8 Å². The van der Waals surface area contributed by atoms with Crippen LogP contribution in [0.5, 0.6) is 0 Å². The van der Waals surface area contributed by atoms with E-state index in [2.05, 4.69) is 0 Å². The van der Waals surface area contributed by atoms with Crippen LogP contribution >= 0.6 is 12.2 Å². The van der Waals surface area contributed by atoms with Crippen molar-refractivity contribution in [2.24, 2.45) is 5.73 Å². The third-order valence-electron chi connectivity index (χ3n) is 3.08. The molecule has 2 nitrogen and oxygen atoms in total. The number of thiocarbonyl (C=S) groups is 1. The van der Waals surface area contributed by atoms with Crippen molar-refractivity contribution < 1.29 is 4.39 Å². The van der Waals surface area contributed by atoms with Gasteiger partial charge in [-0.1, -0.05) is 30.4 Å². The maximum absolute atomic E-state index is 13.9. The molecule has 0 atom stereocenters. The first-order chi connectivity index (χ1) is 9.00. The summed E-state index contributed by atoms with van der Waals surface area (Å²) >= 11 is 4.80. The number of benzene rings is 2. The van der Waals surface area contributed by atoms with Crippen LogP contribution in [-0.2, 0) is 0 Å². The van der Waals surface area contributed by atoms with Gasteiger partial charge in [0, 0.05) is 24.0 Å². The van der Waals surface area contributed by atoms with Crippen molar-refractivity contribution in [3.05, 3.63) is 59.4 Å². The molecule has 0 fully saturated rings. The standard InChI is InChI=1S/C15H15FN2S/c1-10-5-3-4-6-14(10)18(2)11-7-8-12(15(17)19)13(16)9-11/h3-9H,1-2H3,(H2,17,19). The van der Waals surface area contributed by atoms with Crippen molar-refractivity contribution in [2.75, 3.05) is 11.9 Å². The lowest BCUT2D eigenvalue weighted by Gasteiger charge is -2.22. The Bertz CT molecular complexity index is 625. The lowest BCUT2D eigenvalue weighted by molar-refractivity contribution is 0.625. The second kappa shape index (κ2) is 5.36. The molecule has 0 amide bonds. The molecular formula is C15H15FN2S. The summed E-state index contributed by atoms with van der Waals surface area (Å²) in [6.45, 7) is 2.02. The Morgan fingerprint density at radius 2 is 1.89 bits per heavy atom. The van der Waals surface area contributed by atoms with Crippen molar-refractivity contribution in [1.82, 2.24) is 0 Å². The highest BCUT2D eigenvalue weighted by Gasteiger charge is 2.10. The second-order valence-corrected chi connectivity index (χ2v) is 4.81. The Kier molecular flexibility index (Phi) is 3.81. The normalized spacial score (nSPS) is 10.3. The van der Waals surface area contributed by atoms with E-state index in [0.717, 1.165) is 16.9 Å². The second-order valence-electron chi connectivity index (χ2n) is 4.37. The van der Waals surface area contributed by atoms with Crippen LogP contribution in [0, 0.1) is 12.7 Å². The minimum absolute atomic E-state index is 0.0718. The molecule has 0 saturated carbocycles.